The molecule has 1 amide bonds. The number of carboxylic acid groups (broad SMARTS) is 1. The van der Waals surface area contributed by atoms with E-state index in [1.807, 2.05) is 25.1 Å². The smallest absolute Gasteiger partial charge is 0.334 e. The Balaban J connectivity index is 1.74. The molecule has 2 aromatic rings. The Morgan fingerprint density at radius 2 is 2.23 bits per heavy atom. The molecule has 1 aliphatic heterocycles. The minimum Gasteiger partial charge on any atom is -0.479 e. The van der Waals surface area contributed by atoms with E-state index in [4.69, 9.17) is 14.3 Å². The Bertz CT molecular complexity index is 720. The third-order valence-corrected chi connectivity index (χ3v) is 3.85. The number of nitrogens with zero attached hydrogens (tertiary/aromatic N) is 1. The number of ether oxygens (including phenoxy) is 1. The van der Waals surface area contributed by atoms with Crippen molar-refractivity contribution >= 4 is 22.8 Å². The van der Waals surface area contributed by atoms with Gasteiger partial charge in [0, 0.05) is 17.5 Å². The second kappa shape index (κ2) is 5.81. The zero-order valence-electron chi connectivity index (χ0n) is 12.2. The van der Waals surface area contributed by atoms with E-state index >= 15 is 0 Å². The van der Waals surface area contributed by atoms with Gasteiger partial charge in [-0.05, 0) is 18.6 Å². The van der Waals surface area contributed by atoms with Crippen LogP contribution in [0.1, 0.15) is 11.1 Å². The molecule has 1 aromatic heterocycles. The summed E-state index contributed by atoms with van der Waals surface area (Å²) in [6.45, 7) is 2.72. The van der Waals surface area contributed by atoms with Crippen LogP contribution in [-0.2, 0) is 20.7 Å². The van der Waals surface area contributed by atoms with Gasteiger partial charge in [0.05, 0.1) is 25.8 Å². The van der Waals surface area contributed by atoms with E-state index in [1.54, 1.807) is 6.26 Å². The van der Waals surface area contributed by atoms with Gasteiger partial charge in [-0.25, -0.2) is 4.79 Å². The summed E-state index contributed by atoms with van der Waals surface area (Å²) in [7, 11) is 0. The number of carbonyl (C=O) groups is 2. The Morgan fingerprint density at radius 3 is 3.00 bits per heavy atom. The van der Waals surface area contributed by atoms with E-state index in [9.17, 15) is 9.59 Å². The maximum atomic E-state index is 12.4. The number of furan rings is 1. The molecule has 0 bridgehead atoms. The summed E-state index contributed by atoms with van der Waals surface area (Å²) in [5.74, 6) is -1.15. The fraction of sp³-hybridized carbons (Fsp3) is 0.375. The van der Waals surface area contributed by atoms with Crippen LogP contribution in [0.5, 0.6) is 0 Å². The highest BCUT2D eigenvalue weighted by molar-refractivity contribution is 5.88. The third kappa shape index (κ3) is 2.82. The standard InChI is InChI=1S/C16H17NO5/c1-10-2-3-12-11(9-22-13(12)6-10)7-15(18)17-4-5-21-14(8-17)16(19)20/h2-3,6,9,14H,4-5,7-8H2,1H3,(H,19,20)/t14-/m1/s1. The van der Waals surface area contributed by atoms with E-state index in [1.165, 1.54) is 4.90 Å². The lowest BCUT2D eigenvalue weighted by Gasteiger charge is -2.30. The van der Waals surface area contributed by atoms with Gasteiger partial charge in [0.25, 0.3) is 0 Å². The molecule has 0 radical (unpaired) electrons. The highest BCUT2D eigenvalue weighted by atomic mass is 16.5. The largest absolute Gasteiger partial charge is 0.479 e. The fourth-order valence-corrected chi connectivity index (χ4v) is 2.63. The second-order valence-electron chi connectivity index (χ2n) is 5.47. The lowest BCUT2D eigenvalue weighted by Crippen LogP contribution is -2.49. The van der Waals surface area contributed by atoms with E-state index < -0.39 is 12.1 Å². The van der Waals surface area contributed by atoms with Crippen LogP contribution in [-0.4, -0.2) is 47.7 Å². The first-order chi connectivity index (χ1) is 10.5. The number of amides is 1. The van der Waals surface area contributed by atoms with Crippen LogP contribution in [0.15, 0.2) is 28.9 Å². The molecular weight excluding hydrogens is 286 g/mol. The molecule has 2 heterocycles. The van der Waals surface area contributed by atoms with Crippen molar-refractivity contribution in [1.29, 1.82) is 0 Å². The molecule has 6 nitrogen and oxygen atoms in total. The SMILES string of the molecule is Cc1ccc2c(CC(=O)N3CCO[C@@H](C(=O)O)C3)coc2c1. The van der Waals surface area contributed by atoms with Crippen LogP contribution in [0.25, 0.3) is 11.0 Å². The highest BCUT2D eigenvalue weighted by Crippen LogP contribution is 2.23. The van der Waals surface area contributed by atoms with Gasteiger partial charge >= 0.3 is 5.97 Å². The number of hydrogen-bond acceptors (Lipinski definition) is 4. The average Bonchev–Trinajstić information content (AvgIpc) is 2.89. The minimum atomic E-state index is -1.04. The van der Waals surface area contributed by atoms with Crippen molar-refractivity contribution in [2.24, 2.45) is 0 Å². The first kappa shape index (κ1) is 14.6. The van der Waals surface area contributed by atoms with Crippen LogP contribution >= 0.6 is 0 Å². The van der Waals surface area contributed by atoms with E-state index in [2.05, 4.69) is 0 Å². The molecule has 6 heteroatoms. The first-order valence-corrected chi connectivity index (χ1v) is 7.13. The molecule has 1 aliphatic rings. The first-order valence-electron chi connectivity index (χ1n) is 7.13. The molecule has 0 unspecified atom stereocenters. The van der Waals surface area contributed by atoms with Crippen LogP contribution in [0.3, 0.4) is 0 Å². The zero-order valence-corrected chi connectivity index (χ0v) is 12.2. The summed E-state index contributed by atoms with van der Waals surface area (Å²) in [5, 5.41) is 9.90. The number of aryl methyl sites for hydroxylation is 1. The number of benzene rings is 1. The van der Waals surface area contributed by atoms with Crippen LogP contribution in [0.2, 0.25) is 0 Å². The molecule has 0 aliphatic carbocycles. The molecule has 1 fully saturated rings. The van der Waals surface area contributed by atoms with Gasteiger partial charge in [-0.1, -0.05) is 12.1 Å². The maximum absolute atomic E-state index is 12.4. The molecule has 1 aromatic carbocycles. The van der Waals surface area contributed by atoms with Crippen LogP contribution in [0, 0.1) is 6.92 Å². The average molecular weight is 303 g/mol. The van der Waals surface area contributed by atoms with Crippen molar-refractivity contribution in [2.45, 2.75) is 19.4 Å². The van der Waals surface area contributed by atoms with Crippen LogP contribution in [0.4, 0.5) is 0 Å². The number of fused-ring (bicyclic) bond motifs is 1. The van der Waals surface area contributed by atoms with Gasteiger partial charge in [-0.3, -0.25) is 4.79 Å². The monoisotopic (exact) mass is 303 g/mol. The number of morpholine rings is 1. The van der Waals surface area contributed by atoms with Gasteiger partial charge in [0.15, 0.2) is 6.10 Å². The molecule has 0 spiro atoms. The van der Waals surface area contributed by atoms with E-state index in [-0.39, 0.29) is 25.5 Å². The van der Waals surface area contributed by atoms with Crippen LogP contribution < -0.4 is 0 Å². The highest BCUT2D eigenvalue weighted by Gasteiger charge is 2.29. The Kier molecular flexibility index (Phi) is 3.85. The van der Waals surface area contributed by atoms with Gasteiger partial charge < -0.3 is 19.2 Å². The maximum Gasteiger partial charge on any atom is 0.334 e. The summed E-state index contributed by atoms with van der Waals surface area (Å²) in [4.78, 5) is 24.9. The summed E-state index contributed by atoms with van der Waals surface area (Å²) in [6, 6.07) is 5.84. The Labute approximate surface area is 127 Å². The molecule has 1 atom stereocenters. The van der Waals surface area contributed by atoms with Crippen molar-refractivity contribution < 1.29 is 23.8 Å². The van der Waals surface area contributed by atoms with Crippen molar-refractivity contribution in [1.82, 2.24) is 4.90 Å². The molecule has 0 saturated carbocycles. The lowest BCUT2D eigenvalue weighted by atomic mass is 10.1. The van der Waals surface area contributed by atoms with Crippen molar-refractivity contribution in [2.75, 3.05) is 19.7 Å². The van der Waals surface area contributed by atoms with Crippen molar-refractivity contribution in [3.8, 4) is 0 Å². The Morgan fingerprint density at radius 1 is 1.41 bits per heavy atom. The van der Waals surface area contributed by atoms with Crippen molar-refractivity contribution in [3.63, 3.8) is 0 Å². The number of hydrogen-bond donors (Lipinski definition) is 1. The number of aliphatic carboxylic acids is 1. The molecule has 1 N–H and O–H groups in total. The summed E-state index contributed by atoms with van der Waals surface area (Å²) < 4.78 is 10.6. The van der Waals surface area contributed by atoms with Gasteiger partial charge in [-0.15, -0.1) is 0 Å². The van der Waals surface area contributed by atoms with Gasteiger partial charge in [0.2, 0.25) is 5.91 Å². The predicted molar refractivity (Wildman–Crippen MR) is 78.6 cm³/mol. The number of rotatable bonds is 3. The summed E-state index contributed by atoms with van der Waals surface area (Å²) >= 11 is 0. The molecule has 116 valence electrons. The van der Waals surface area contributed by atoms with Gasteiger partial charge in [0.1, 0.15) is 5.58 Å². The zero-order chi connectivity index (χ0) is 15.7. The predicted octanol–water partition coefficient (Wildman–Crippen LogP) is 1.60. The molecule has 3 rings (SSSR count). The lowest BCUT2D eigenvalue weighted by molar-refractivity contribution is -0.159. The number of carbonyl (C=O) groups excluding carboxylic acids is 1. The molecule has 1 saturated heterocycles. The van der Waals surface area contributed by atoms with Gasteiger partial charge in [-0.2, -0.15) is 0 Å². The summed E-state index contributed by atoms with van der Waals surface area (Å²) in [6.07, 6.45) is 0.848. The number of carboxylic acids is 1. The topological polar surface area (TPSA) is 80.0 Å². The molecular formula is C16H17NO5. The van der Waals surface area contributed by atoms with E-state index in [0.29, 0.717) is 6.54 Å². The Hall–Kier alpha value is -2.34. The third-order valence-electron chi connectivity index (χ3n) is 3.85. The summed E-state index contributed by atoms with van der Waals surface area (Å²) in [5.41, 5.74) is 2.67. The quantitative estimate of drug-likeness (QED) is 0.931. The normalized spacial score (nSPS) is 18.6. The minimum absolute atomic E-state index is 0.0864. The second-order valence-corrected chi connectivity index (χ2v) is 5.47. The molecule has 22 heavy (non-hydrogen) atoms. The fourth-order valence-electron chi connectivity index (χ4n) is 2.63. The van der Waals surface area contributed by atoms with E-state index in [0.717, 1.165) is 22.1 Å². The van der Waals surface area contributed by atoms with Crippen molar-refractivity contribution in [3.05, 3.63) is 35.6 Å².